The SMILES string of the molecule is NC(c1ccc([N+](=O)[O-])cc1)c1nc(Cl)nc2ccccc12. The van der Waals surface area contributed by atoms with E-state index in [1.165, 1.54) is 12.1 Å². The van der Waals surface area contributed by atoms with Crippen LogP contribution in [0.2, 0.25) is 5.28 Å². The van der Waals surface area contributed by atoms with Crippen molar-refractivity contribution in [3.63, 3.8) is 0 Å². The van der Waals surface area contributed by atoms with Crippen LogP contribution < -0.4 is 5.73 Å². The molecule has 3 aromatic rings. The van der Waals surface area contributed by atoms with Gasteiger partial charge in [-0.05, 0) is 23.2 Å². The number of benzene rings is 2. The average molecular weight is 315 g/mol. The van der Waals surface area contributed by atoms with E-state index in [0.29, 0.717) is 16.8 Å². The molecule has 0 aliphatic heterocycles. The van der Waals surface area contributed by atoms with E-state index in [0.717, 1.165) is 5.39 Å². The Morgan fingerprint density at radius 1 is 1.09 bits per heavy atom. The Balaban J connectivity index is 2.08. The van der Waals surface area contributed by atoms with Crippen molar-refractivity contribution in [1.82, 2.24) is 9.97 Å². The van der Waals surface area contributed by atoms with E-state index in [1.54, 1.807) is 12.1 Å². The number of nitrogens with zero attached hydrogens (tertiary/aromatic N) is 3. The van der Waals surface area contributed by atoms with Crippen molar-refractivity contribution in [2.45, 2.75) is 6.04 Å². The van der Waals surface area contributed by atoms with Gasteiger partial charge in [-0.3, -0.25) is 10.1 Å². The van der Waals surface area contributed by atoms with Gasteiger partial charge >= 0.3 is 0 Å². The molecule has 0 radical (unpaired) electrons. The Bertz CT molecular complexity index is 852. The first kappa shape index (κ1) is 14.4. The number of non-ortho nitro benzene ring substituents is 1. The van der Waals surface area contributed by atoms with Gasteiger partial charge in [-0.25, -0.2) is 9.97 Å². The molecule has 0 saturated carbocycles. The van der Waals surface area contributed by atoms with Gasteiger partial charge in [0.25, 0.3) is 5.69 Å². The highest BCUT2D eigenvalue weighted by molar-refractivity contribution is 6.28. The van der Waals surface area contributed by atoms with Crippen molar-refractivity contribution in [2.75, 3.05) is 0 Å². The molecule has 1 unspecified atom stereocenters. The summed E-state index contributed by atoms with van der Waals surface area (Å²) < 4.78 is 0. The van der Waals surface area contributed by atoms with Crippen LogP contribution in [-0.2, 0) is 0 Å². The van der Waals surface area contributed by atoms with Crippen LogP contribution in [0.4, 0.5) is 5.69 Å². The molecular formula is C15H11ClN4O2. The smallest absolute Gasteiger partial charge is 0.269 e. The first-order valence-electron chi connectivity index (χ1n) is 6.48. The maximum absolute atomic E-state index is 10.7. The van der Waals surface area contributed by atoms with Crippen molar-refractivity contribution < 1.29 is 4.92 Å². The fraction of sp³-hybridized carbons (Fsp3) is 0.0667. The van der Waals surface area contributed by atoms with E-state index in [1.807, 2.05) is 24.3 Å². The van der Waals surface area contributed by atoms with Crippen LogP contribution >= 0.6 is 11.6 Å². The number of aromatic nitrogens is 2. The Morgan fingerprint density at radius 3 is 2.45 bits per heavy atom. The number of rotatable bonds is 3. The van der Waals surface area contributed by atoms with E-state index in [9.17, 15) is 10.1 Å². The predicted molar refractivity (Wildman–Crippen MR) is 83.7 cm³/mol. The summed E-state index contributed by atoms with van der Waals surface area (Å²) in [5, 5.41) is 11.6. The molecule has 0 amide bonds. The van der Waals surface area contributed by atoms with Gasteiger partial charge in [-0.2, -0.15) is 0 Å². The van der Waals surface area contributed by atoms with Crippen molar-refractivity contribution in [1.29, 1.82) is 0 Å². The van der Waals surface area contributed by atoms with Gasteiger partial charge in [0.15, 0.2) is 0 Å². The lowest BCUT2D eigenvalue weighted by atomic mass is 10.0. The molecule has 0 saturated heterocycles. The molecule has 3 rings (SSSR count). The molecule has 1 aromatic heterocycles. The Kier molecular flexibility index (Phi) is 3.70. The lowest BCUT2D eigenvalue weighted by molar-refractivity contribution is -0.384. The monoisotopic (exact) mass is 314 g/mol. The second-order valence-electron chi connectivity index (χ2n) is 4.72. The van der Waals surface area contributed by atoms with Crippen molar-refractivity contribution in [3.8, 4) is 0 Å². The molecule has 2 N–H and O–H groups in total. The molecule has 7 heteroatoms. The summed E-state index contributed by atoms with van der Waals surface area (Å²) in [4.78, 5) is 18.6. The van der Waals surface area contributed by atoms with Gasteiger partial charge in [-0.1, -0.05) is 30.3 Å². The number of hydrogen-bond donors (Lipinski definition) is 1. The van der Waals surface area contributed by atoms with Gasteiger partial charge in [0.1, 0.15) is 0 Å². The number of hydrogen-bond acceptors (Lipinski definition) is 5. The maximum Gasteiger partial charge on any atom is 0.269 e. The van der Waals surface area contributed by atoms with Crippen molar-refractivity contribution in [3.05, 3.63) is 75.2 Å². The van der Waals surface area contributed by atoms with Crippen LogP contribution in [0, 0.1) is 10.1 Å². The normalized spacial score (nSPS) is 12.3. The lowest BCUT2D eigenvalue weighted by Gasteiger charge is -2.14. The van der Waals surface area contributed by atoms with Crippen LogP contribution in [0.1, 0.15) is 17.3 Å². The minimum Gasteiger partial charge on any atom is -0.319 e. The molecule has 1 heterocycles. The van der Waals surface area contributed by atoms with Gasteiger partial charge in [0.2, 0.25) is 5.28 Å². The summed E-state index contributed by atoms with van der Waals surface area (Å²) in [5.74, 6) is 0. The Labute approximate surface area is 130 Å². The zero-order valence-corrected chi connectivity index (χ0v) is 12.1. The highest BCUT2D eigenvalue weighted by Gasteiger charge is 2.17. The number of fused-ring (bicyclic) bond motifs is 1. The first-order chi connectivity index (χ1) is 10.6. The van der Waals surface area contributed by atoms with Gasteiger partial charge < -0.3 is 5.73 Å². The number of nitro groups is 1. The van der Waals surface area contributed by atoms with Crippen LogP contribution in [0.25, 0.3) is 10.9 Å². The second-order valence-corrected chi connectivity index (χ2v) is 5.06. The third-order valence-electron chi connectivity index (χ3n) is 3.36. The standard InChI is InChI=1S/C15H11ClN4O2/c16-15-18-12-4-2-1-3-11(12)14(19-15)13(17)9-5-7-10(8-6-9)20(21)22/h1-8,13H,17H2. The van der Waals surface area contributed by atoms with Gasteiger partial charge in [-0.15, -0.1) is 0 Å². The summed E-state index contributed by atoms with van der Waals surface area (Å²) >= 11 is 5.96. The number of nitro benzene ring substituents is 1. The van der Waals surface area contributed by atoms with E-state index in [-0.39, 0.29) is 11.0 Å². The van der Waals surface area contributed by atoms with Crippen molar-refractivity contribution >= 4 is 28.2 Å². The number of nitrogens with two attached hydrogens (primary N) is 1. The third-order valence-corrected chi connectivity index (χ3v) is 3.53. The third kappa shape index (κ3) is 2.61. The first-order valence-corrected chi connectivity index (χ1v) is 6.86. The zero-order chi connectivity index (χ0) is 15.7. The summed E-state index contributed by atoms with van der Waals surface area (Å²) in [6, 6.07) is 12.9. The van der Waals surface area contributed by atoms with Gasteiger partial charge in [0, 0.05) is 17.5 Å². The number of para-hydroxylation sites is 1. The van der Waals surface area contributed by atoms with Gasteiger partial charge in [0.05, 0.1) is 22.2 Å². The predicted octanol–water partition coefficient (Wildman–Crippen LogP) is 3.24. The van der Waals surface area contributed by atoms with Crippen LogP contribution in [0.15, 0.2) is 48.5 Å². The maximum atomic E-state index is 10.7. The molecule has 2 aromatic carbocycles. The quantitative estimate of drug-likeness (QED) is 0.455. The summed E-state index contributed by atoms with van der Waals surface area (Å²) in [6.45, 7) is 0. The van der Waals surface area contributed by atoms with Crippen LogP contribution in [-0.4, -0.2) is 14.9 Å². The van der Waals surface area contributed by atoms with E-state index in [2.05, 4.69) is 9.97 Å². The molecule has 110 valence electrons. The fourth-order valence-electron chi connectivity index (χ4n) is 2.27. The van der Waals surface area contributed by atoms with E-state index in [4.69, 9.17) is 17.3 Å². The lowest BCUT2D eigenvalue weighted by Crippen LogP contribution is -2.14. The molecule has 0 aliphatic carbocycles. The summed E-state index contributed by atoms with van der Waals surface area (Å²) in [6.07, 6.45) is 0. The van der Waals surface area contributed by atoms with Crippen LogP contribution in [0.5, 0.6) is 0 Å². The van der Waals surface area contributed by atoms with Crippen LogP contribution in [0.3, 0.4) is 0 Å². The summed E-state index contributed by atoms with van der Waals surface area (Å²) in [7, 11) is 0. The zero-order valence-electron chi connectivity index (χ0n) is 11.3. The van der Waals surface area contributed by atoms with E-state index < -0.39 is 11.0 Å². The largest absolute Gasteiger partial charge is 0.319 e. The Hall–Kier alpha value is -2.57. The second kappa shape index (κ2) is 5.67. The molecule has 1 atom stereocenters. The fourth-order valence-corrected chi connectivity index (χ4v) is 2.45. The minimum atomic E-state index is -0.550. The highest BCUT2D eigenvalue weighted by Crippen LogP contribution is 2.27. The Morgan fingerprint density at radius 2 is 1.77 bits per heavy atom. The highest BCUT2D eigenvalue weighted by atomic mass is 35.5. The molecule has 0 bridgehead atoms. The topological polar surface area (TPSA) is 94.9 Å². The minimum absolute atomic E-state index is 0.0153. The number of halogens is 1. The molecular weight excluding hydrogens is 304 g/mol. The van der Waals surface area contributed by atoms with E-state index >= 15 is 0 Å². The molecule has 0 fully saturated rings. The molecule has 0 spiro atoms. The molecule has 6 nitrogen and oxygen atoms in total. The van der Waals surface area contributed by atoms with Crippen molar-refractivity contribution in [2.24, 2.45) is 5.73 Å². The summed E-state index contributed by atoms with van der Waals surface area (Å²) in [5.41, 5.74) is 8.28. The average Bonchev–Trinajstić information content (AvgIpc) is 2.53. The molecule has 0 aliphatic rings. The molecule has 22 heavy (non-hydrogen) atoms.